The van der Waals surface area contributed by atoms with E-state index in [9.17, 15) is 9.59 Å². The Morgan fingerprint density at radius 3 is 2.15 bits per heavy atom. The fourth-order valence-corrected chi connectivity index (χ4v) is 1.69. The number of aliphatic hydroxyl groups is 2. The molecule has 110 valence electrons. The average Bonchev–Trinajstić information content (AvgIpc) is 2.41. The summed E-state index contributed by atoms with van der Waals surface area (Å²) in [6, 6.07) is 7.25. The Balaban J connectivity index is 2.51. The summed E-state index contributed by atoms with van der Waals surface area (Å²) < 4.78 is 0. The lowest BCUT2D eigenvalue weighted by Crippen LogP contribution is -2.37. The van der Waals surface area contributed by atoms with Crippen LogP contribution in [-0.4, -0.2) is 53.2 Å². The van der Waals surface area contributed by atoms with Crippen LogP contribution in [0.1, 0.15) is 12.0 Å². The quantitative estimate of drug-likeness (QED) is 0.620. The summed E-state index contributed by atoms with van der Waals surface area (Å²) in [5.41, 5.74) is 1.71. The molecule has 0 saturated heterocycles. The van der Waals surface area contributed by atoms with Gasteiger partial charge in [0, 0.05) is 18.8 Å². The third kappa shape index (κ3) is 5.38. The number of carbonyl (C=O) groups is 2. The molecule has 0 aromatic heterocycles. The zero-order chi connectivity index (χ0) is 15.0. The van der Waals surface area contributed by atoms with Gasteiger partial charge in [-0.3, -0.25) is 9.59 Å². The minimum absolute atomic E-state index is 0.108. The van der Waals surface area contributed by atoms with E-state index < -0.39 is 11.8 Å². The van der Waals surface area contributed by atoms with Crippen molar-refractivity contribution in [2.75, 3.05) is 31.6 Å². The maximum Gasteiger partial charge on any atom is 0.233 e. The van der Waals surface area contributed by atoms with Gasteiger partial charge in [0.1, 0.15) is 6.42 Å². The summed E-state index contributed by atoms with van der Waals surface area (Å²) in [6.45, 7) is 1.75. The first kappa shape index (κ1) is 16.1. The van der Waals surface area contributed by atoms with E-state index in [4.69, 9.17) is 10.2 Å². The van der Waals surface area contributed by atoms with E-state index in [0.29, 0.717) is 5.69 Å². The molecule has 6 heteroatoms. The third-order valence-electron chi connectivity index (χ3n) is 2.74. The summed E-state index contributed by atoms with van der Waals surface area (Å²) in [6.07, 6.45) is -0.312. The molecule has 0 spiro atoms. The van der Waals surface area contributed by atoms with Crippen molar-refractivity contribution in [2.45, 2.75) is 13.3 Å². The zero-order valence-corrected chi connectivity index (χ0v) is 11.5. The molecule has 1 rings (SSSR count). The summed E-state index contributed by atoms with van der Waals surface area (Å²) in [7, 11) is 0. The molecular formula is C14H20N2O4. The Morgan fingerprint density at radius 1 is 1.10 bits per heavy atom. The summed E-state index contributed by atoms with van der Waals surface area (Å²) in [5.74, 6) is -0.836. The van der Waals surface area contributed by atoms with Crippen molar-refractivity contribution in [1.29, 1.82) is 0 Å². The maximum atomic E-state index is 11.8. The number of nitrogens with zero attached hydrogens (tertiary/aromatic N) is 1. The van der Waals surface area contributed by atoms with Crippen molar-refractivity contribution < 1.29 is 19.8 Å². The number of rotatable bonds is 7. The van der Waals surface area contributed by atoms with Crippen LogP contribution >= 0.6 is 0 Å². The van der Waals surface area contributed by atoms with E-state index in [1.54, 1.807) is 12.1 Å². The highest BCUT2D eigenvalue weighted by molar-refractivity contribution is 6.03. The molecule has 0 aliphatic heterocycles. The van der Waals surface area contributed by atoms with Crippen LogP contribution in [0.2, 0.25) is 0 Å². The van der Waals surface area contributed by atoms with Crippen molar-refractivity contribution in [3.8, 4) is 0 Å². The van der Waals surface area contributed by atoms with Gasteiger partial charge in [0.2, 0.25) is 11.8 Å². The molecule has 1 aromatic carbocycles. The van der Waals surface area contributed by atoms with Gasteiger partial charge in [0.15, 0.2) is 0 Å². The van der Waals surface area contributed by atoms with E-state index in [2.05, 4.69) is 5.32 Å². The standard InChI is InChI=1S/C14H20N2O4/c1-11-2-4-12(5-3-11)15-13(19)10-14(20)16(6-8-17)7-9-18/h2-5,17-18H,6-10H2,1H3,(H,15,19). The summed E-state index contributed by atoms with van der Waals surface area (Å²) >= 11 is 0. The fraction of sp³-hybridized carbons (Fsp3) is 0.429. The third-order valence-corrected chi connectivity index (χ3v) is 2.74. The maximum absolute atomic E-state index is 11.8. The van der Waals surface area contributed by atoms with Crippen LogP contribution in [0.4, 0.5) is 5.69 Å². The number of benzene rings is 1. The lowest BCUT2D eigenvalue weighted by Gasteiger charge is -2.20. The van der Waals surface area contributed by atoms with Crippen molar-refractivity contribution >= 4 is 17.5 Å². The van der Waals surface area contributed by atoms with Crippen LogP contribution in [0.5, 0.6) is 0 Å². The molecule has 1 aromatic rings. The number of anilines is 1. The van der Waals surface area contributed by atoms with Gasteiger partial charge >= 0.3 is 0 Å². The van der Waals surface area contributed by atoms with Gasteiger partial charge in [-0.1, -0.05) is 17.7 Å². The SMILES string of the molecule is Cc1ccc(NC(=O)CC(=O)N(CCO)CCO)cc1. The van der Waals surface area contributed by atoms with Gasteiger partial charge in [-0.15, -0.1) is 0 Å². The van der Waals surface area contributed by atoms with E-state index in [1.807, 2.05) is 19.1 Å². The molecule has 3 N–H and O–H groups in total. The molecule has 0 atom stereocenters. The van der Waals surface area contributed by atoms with Gasteiger partial charge in [-0.25, -0.2) is 0 Å². The van der Waals surface area contributed by atoms with Crippen molar-refractivity contribution in [3.05, 3.63) is 29.8 Å². The van der Waals surface area contributed by atoms with Crippen LogP contribution in [-0.2, 0) is 9.59 Å². The lowest BCUT2D eigenvalue weighted by atomic mass is 10.2. The predicted octanol–water partition coefficient (Wildman–Crippen LogP) is 0.137. The molecule has 20 heavy (non-hydrogen) atoms. The minimum atomic E-state index is -0.419. The molecule has 2 amide bonds. The topological polar surface area (TPSA) is 89.9 Å². The van der Waals surface area contributed by atoms with Crippen LogP contribution in [0, 0.1) is 6.92 Å². The molecule has 0 radical (unpaired) electrons. The Hall–Kier alpha value is -1.92. The second-order valence-corrected chi connectivity index (χ2v) is 4.42. The Morgan fingerprint density at radius 2 is 1.65 bits per heavy atom. The van der Waals surface area contributed by atoms with Crippen LogP contribution in [0.3, 0.4) is 0 Å². The fourth-order valence-electron chi connectivity index (χ4n) is 1.69. The highest BCUT2D eigenvalue weighted by Crippen LogP contribution is 2.09. The van der Waals surface area contributed by atoms with Crippen LogP contribution in [0.25, 0.3) is 0 Å². The van der Waals surface area contributed by atoms with Crippen LogP contribution in [0.15, 0.2) is 24.3 Å². The van der Waals surface area contributed by atoms with E-state index in [-0.39, 0.29) is 32.7 Å². The van der Waals surface area contributed by atoms with Crippen molar-refractivity contribution in [1.82, 2.24) is 4.90 Å². The van der Waals surface area contributed by atoms with E-state index in [0.717, 1.165) is 5.56 Å². The molecule has 0 fully saturated rings. The molecule has 6 nitrogen and oxygen atoms in total. The number of hydrogen-bond donors (Lipinski definition) is 3. The number of carbonyl (C=O) groups excluding carboxylic acids is 2. The molecule has 0 aliphatic carbocycles. The molecule has 0 unspecified atom stereocenters. The number of nitrogens with one attached hydrogen (secondary N) is 1. The molecule has 0 heterocycles. The Bertz CT molecular complexity index is 439. The first-order valence-electron chi connectivity index (χ1n) is 6.43. The zero-order valence-electron chi connectivity index (χ0n) is 11.5. The minimum Gasteiger partial charge on any atom is -0.395 e. The average molecular weight is 280 g/mol. The number of aryl methyl sites for hydroxylation is 1. The van der Waals surface area contributed by atoms with Gasteiger partial charge in [0.25, 0.3) is 0 Å². The highest BCUT2D eigenvalue weighted by atomic mass is 16.3. The number of hydrogen-bond acceptors (Lipinski definition) is 4. The number of aliphatic hydroxyl groups excluding tert-OH is 2. The highest BCUT2D eigenvalue weighted by Gasteiger charge is 2.16. The van der Waals surface area contributed by atoms with Gasteiger partial charge < -0.3 is 20.4 Å². The molecule has 0 aliphatic rings. The number of amides is 2. The largest absolute Gasteiger partial charge is 0.395 e. The Kier molecular flexibility index (Phi) is 6.69. The van der Waals surface area contributed by atoms with Gasteiger partial charge in [0.05, 0.1) is 13.2 Å². The van der Waals surface area contributed by atoms with E-state index in [1.165, 1.54) is 4.90 Å². The molecule has 0 bridgehead atoms. The van der Waals surface area contributed by atoms with E-state index >= 15 is 0 Å². The lowest BCUT2D eigenvalue weighted by molar-refractivity contribution is -0.135. The molecular weight excluding hydrogens is 260 g/mol. The Labute approximate surface area is 118 Å². The van der Waals surface area contributed by atoms with Gasteiger partial charge in [-0.05, 0) is 19.1 Å². The normalized spacial score (nSPS) is 10.2. The molecule has 0 saturated carbocycles. The summed E-state index contributed by atoms with van der Waals surface area (Å²) in [4.78, 5) is 24.8. The van der Waals surface area contributed by atoms with Gasteiger partial charge in [-0.2, -0.15) is 0 Å². The first-order valence-corrected chi connectivity index (χ1v) is 6.43. The predicted molar refractivity (Wildman–Crippen MR) is 75.2 cm³/mol. The van der Waals surface area contributed by atoms with Crippen molar-refractivity contribution in [2.24, 2.45) is 0 Å². The van der Waals surface area contributed by atoms with Crippen LogP contribution < -0.4 is 5.32 Å². The first-order chi connectivity index (χ1) is 9.56. The monoisotopic (exact) mass is 280 g/mol. The second kappa shape index (κ2) is 8.29. The smallest absolute Gasteiger partial charge is 0.233 e. The summed E-state index contributed by atoms with van der Waals surface area (Å²) in [5, 5.41) is 20.3. The second-order valence-electron chi connectivity index (χ2n) is 4.42. The van der Waals surface area contributed by atoms with Crippen molar-refractivity contribution in [3.63, 3.8) is 0 Å².